The lowest BCUT2D eigenvalue weighted by molar-refractivity contribution is -0.00178. The first kappa shape index (κ1) is 25.5. The van der Waals surface area contributed by atoms with Gasteiger partial charge in [0.05, 0.1) is 57.7 Å². The van der Waals surface area contributed by atoms with Gasteiger partial charge in [0.2, 0.25) is 0 Å². The molecule has 190 valence electrons. The highest BCUT2D eigenvalue weighted by molar-refractivity contribution is 6.00. The Morgan fingerprint density at radius 1 is 1.39 bits per heavy atom. The highest BCUT2D eigenvalue weighted by Gasteiger charge is 2.31. The molecule has 10 heteroatoms. The number of fused-ring (bicyclic) bond motifs is 1. The number of hydrogen-bond acceptors (Lipinski definition) is 7. The van der Waals surface area contributed by atoms with Gasteiger partial charge in [0.15, 0.2) is 0 Å². The molecule has 3 aromatic rings. The molecule has 4 N–H and O–H groups in total. The van der Waals surface area contributed by atoms with Crippen molar-refractivity contribution in [2.75, 3.05) is 11.9 Å². The topological polar surface area (TPSA) is 136 Å². The van der Waals surface area contributed by atoms with Crippen molar-refractivity contribution >= 4 is 17.1 Å². The van der Waals surface area contributed by atoms with E-state index in [-0.39, 0.29) is 18.2 Å². The summed E-state index contributed by atoms with van der Waals surface area (Å²) >= 11 is 0. The summed E-state index contributed by atoms with van der Waals surface area (Å²) < 4.78 is 15.9. The number of rotatable bonds is 7. The van der Waals surface area contributed by atoms with E-state index < -0.39 is 23.3 Å². The van der Waals surface area contributed by atoms with Crippen molar-refractivity contribution < 1.29 is 19.4 Å². The fourth-order valence-corrected chi connectivity index (χ4v) is 4.48. The Bertz CT molecular complexity index is 1310. The quantitative estimate of drug-likeness (QED) is 0.396. The number of carbonyl (C=O) groups excluding carboxylic acids is 1. The standard InChI is InChI=1S/C26H31FN6O3/c1-25(2,35)23(27)15-30-24(34)19-14-29-21(10-20(19)32-17-5-4-8-26(3,36)11-17)22-7-6-18-9-16(12-28)13-31-33(18)22/h6-7,9-10,13-14,17,23,35-36H,4-5,8,11,15H2,1-3H3,(H,29,32)(H,30,34)/t17-,23+,26?/m0/s1. The summed E-state index contributed by atoms with van der Waals surface area (Å²) in [4.78, 5) is 17.5. The monoisotopic (exact) mass is 494 g/mol. The fourth-order valence-electron chi connectivity index (χ4n) is 4.48. The van der Waals surface area contributed by atoms with Gasteiger partial charge in [-0.3, -0.25) is 9.78 Å². The molecule has 3 atom stereocenters. The van der Waals surface area contributed by atoms with Crippen LogP contribution < -0.4 is 10.6 Å². The van der Waals surface area contributed by atoms with Crippen LogP contribution in [0.1, 0.15) is 62.4 Å². The summed E-state index contributed by atoms with van der Waals surface area (Å²) in [6, 6.07) is 9.12. The molecule has 0 spiro atoms. The maximum atomic E-state index is 14.2. The van der Waals surface area contributed by atoms with Gasteiger partial charge in [-0.15, -0.1) is 0 Å². The highest BCUT2D eigenvalue weighted by atomic mass is 19.1. The van der Waals surface area contributed by atoms with Crippen LogP contribution in [0.2, 0.25) is 0 Å². The zero-order chi connectivity index (χ0) is 26.1. The SMILES string of the molecule is CC1(O)CCC[C@H](Nc2cc(-c3ccc4cc(C#N)cnn34)ncc2C(=O)NC[C@@H](F)C(C)(C)O)C1. The maximum absolute atomic E-state index is 14.2. The number of nitrogens with one attached hydrogen (secondary N) is 2. The van der Waals surface area contributed by atoms with Crippen molar-refractivity contribution in [3.05, 3.63) is 47.8 Å². The smallest absolute Gasteiger partial charge is 0.255 e. The molecular weight excluding hydrogens is 463 g/mol. The second-order valence-corrected chi connectivity index (χ2v) is 10.3. The van der Waals surface area contributed by atoms with Crippen molar-refractivity contribution in [1.82, 2.24) is 19.9 Å². The van der Waals surface area contributed by atoms with Gasteiger partial charge < -0.3 is 20.8 Å². The summed E-state index contributed by atoms with van der Waals surface area (Å²) in [5, 5.41) is 39.8. The van der Waals surface area contributed by atoms with Crippen LogP contribution in [0, 0.1) is 11.3 Å². The van der Waals surface area contributed by atoms with Crippen LogP contribution in [0.4, 0.5) is 10.1 Å². The third-order valence-electron chi connectivity index (χ3n) is 6.56. The van der Waals surface area contributed by atoms with Gasteiger partial charge in [0, 0.05) is 12.2 Å². The second-order valence-electron chi connectivity index (χ2n) is 10.3. The molecule has 0 radical (unpaired) electrons. The van der Waals surface area contributed by atoms with Crippen LogP contribution in [0.3, 0.4) is 0 Å². The first-order valence-electron chi connectivity index (χ1n) is 12.0. The van der Waals surface area contributed by atoms with Gasteiger partial charge in [0.1, 0.15) is 12.2 Å². The van der Waals surface area contributed by atoms with Crippen molar-refractivity contribution in [2.45, 2.75) is 69.9 Å². The van der Waals surface area contributed by atoms with E-state index in [1.807, 2.05) is 12.1 Å². The average molecular weight is 495 g/mol. The lowest BCUT2D eigenvalue weighted by Gasteiger charge is -2.35. The van der Waals surface area contributed by atoms with Gasteiger partial charge in [-0.1, -0.05) is 0 Å². The van der Waals surface area contributed by atoms with Crippen LogP contribution >= 0.6 is 0 Å². The molecule has 3 heterocycles. The Morgan fingerprint density at radius 3 is 2.86 bits per heavy atom. The van der Waals surface area contributed by atoms with Crippen LogP contribution in [0.25, 0.3) is 16.9 Å². The van der Waals surface area contributed by atoms with Crippen LogP contribution in [0.15, 0.2) is 36.7 Å². The number of aliphatic hydroxyl groups is 2. The van der Waals surface area contributed by atoms with Crippen LogP contribution in [-0.4, -0.2) is 60.7 Å². The minimum atomic E-state index is -1.64. The number of halogens is 1. The Morgan fingerprint density at radius 2 is 2.17 bits per heavy atom. The van der Waals surface area contributed by atoms with Gasteiger partial charge in [-0.2, -0.15) is 10.4 Å². The first-order valence-corrected chi connectivity index (χ1v) is 12.0. The van der Waals surface area contributed by atoms with E-state index in [0.717, 1.165) is 18.4 Å². The van der Waals surface area contributed by atoms with Crippen LogP contribution in [0.5, 0.6) is 0 Å². The summed E-state index contributed by atoms with van der Waals surface area (Å²) in [5.74, 6) is -0.525. The van der Waals surface area contributed by atoms with E-state index in [1.165, 1.54) is 26.2 Å². The van der Waals surface area contributed by atoms with E-state index in [1.54, 1.807) is 23.6 Å². The molecule has 0 saturated heterocycles. The van der Waals surface area contributed by atoms with Crippen molar-refractivity contribution in [3.8, 4) is 17.5 Å². The number of alkyl halides is 1. The molecular formula is C26H31FN6O3. The molecule has 1 fully saturated rings. The van der Waals surface area contributed by atoms with Gasteiger partial charge in [-0.05, 0) is 70.7 Å². The van der Waals surface area contributed by atoms with Crippen molar-refractivity contribution in [2.24, 2.45) is 0 Å². The Hall–Kier alpha value is -3.55. The highest BCUT2D eigenvalue weighted by Crippen LogP contribution is 2.32. The normalized spacial score (nSPS) is 21.1. The number of amides is 1. The molecule has 1 aliphatic rings. The number of hydrogen-bond donors (Lipinski definition) is 4. The first-order chi connectivity index (χ1) is 17.0. The maximum Gasteiger partial charge on any atom is 0.255 e. The summed E-state index contributed by atoms with van der Waals surface area (Å²) in [6.07, 6.45) is 4.15. The molecule has 9 nitrogen and oxygen atoms in total. The van der Waals surface area contributed by atoms with E-state index in [9.17, 15) is 19.4 Å². The largest absolute Gasteiger partial charge is 0.390 e. The lowest BCUT2D eigenvalue weighted by Crippen LogP contribution is -2.42. The molecule has 1 aliphatic carbocycles. The minimum Gasteiger partial charge on any atom is -0.390 e. The lowest BCUT2D eigenvalue weighted by atomic mass is 9.83. The zero-order valence-corrected chi connectivity index (χ0v) is 20.6. The third kappa shape index (κ3) is 5.64. The van der Waals surface area contributed by atoms with Crippen LogP contribution in [-0.2, 0) is 0 Å². The summed E-state index contributed by atoms with van der Waals surface area (Å²) in [6.45, 7) is 4.14. The summed E-state index contributed by atoms with van der Waals surface area (Å²) in [7, 11) is 0. The van der Waals surface area contributed by atoms with E-state index in [2.05, 4.69) is 26.8 Å². The molecule has 1 saturated carbocycles. The van der Waals surface area contributed by atoms with Gasteiger partial charge >= 0.3 is 0 Å². The van der Waals surface area contributed by atoms with Gasteiger partial charge in [-0.25, -0.2) is 8.91 Å². The number of aromatic nitrogens is 3. The molecule has 1 unspecified atom stereocenters. The molecule has 3 aromatic heterocycles. The Kier molecular flexibility index (Phi) is 6.98. The number of anilines is 1. The number of nitrogens with zero attached hydrogens (tertiary/aromatic N) is 4. The molecule has 0 aliphatic heterocycles. The third-order valence-corrected chi connectivity index (χ3v) is 6.56. The second kappa shape index (κ2) is 9.84. The minimum absolute atomic E-state index is 0.0683. The predicted octanol–water partition coefficient (Wildman–Crippen LogP) is 3.21. The number of nitriles is 1. The van der Waals surface area contributed by atoms with E-state index in [0.29, 0.717) is 35.5 Å². The molecule has 1 amide bonds. The fraction of sp³-hybridized carbons (Fsp3) is 0.462. The van der Waals surface area contributed by atoms with Crippen molar-refractivity contribution in [1.29, 1.82) is 5.26 Å². The number of carbonyl (C=O) groups is 1. The predicted molar refractivity (Wildman–Crippen MR) is 133 cm³/mol. The average Bonchev–Trinajstić information content (AvgIpc) is 3.24. The van der Waals surface area contributed by atoms with Crippen molar-refractivity contribution in [3.63, 3.8) is 0 Å². The summed E-state index contributed by atoms with van der Waals surface area (Å²) in [5.41, 5.74) is 0.734. The van der Waals surface area contributed by atoms with E-state index >= 15 is 0 Å². The van der Waals surface area contributed by atoms with E-state index in [4.69, 9.17) is 5.26 Å². The molecule has 0 aromatic carbocycles. The van der Waals surface area contributed by atoms with Gasteiger partial charge in [0.25, 0.3) is 5.91 Å². The molecule has 4 rings (SSSR count). The molecule has 0 bridgehead atoms. The Balaban J connectivity index is 1.67. The Labute approximate surface area is 209 Å². The number of pyridine rings is 1. The molecule has 36 heavy (non-hydrogen) atoms. The zero-order valence-electron chi connectivity index (χ0n) is 20.6.